The Morgan fingerprint density at radius 1 is 1.06 bits per heavy atom. The number of amides is 1. The van der Waals surface area contributed by atoms with Crippen molar-refractivity contribution < 1.29 is 19.4 Å². The van der Waals surface area contributed by atoms with E-state index in [1.807, 2.05) is 6.92 Å². The highest BCUT2D eigenvalue weighted by Gasteiger charge is 2.46. The number of ether oxygens (including phenoxy) is 1. The van der Waals surface area contributed by atoms with Crippen LogP contribution in [0.15, 0.2) is 78.9 Å². The zero-order valence-corrected chi connectivity index (χ0v) is 16.9. The van der Waals surface area contributed by atoms with Gasteiger partial charge in [-0.15, -0.1) is 0 Å². The van der Waals surface area contributed by atoms with E-state index in [0.717, 1.165) is 5.56 Å². The van der Waals surface area contributed by atoms with Gasteiger partial charge < -0.3 is 14.7 Å². The Hall–Kier alpha value is -4.00. The zero-order chi connectivity index (χ0) is 21.8. The second kappa shape index (κ2) is 8.79. The van der Waals surface area contributed by atoms with E-state index in [1.54, 1.807) is 73.3 Å². The third-order valence-electron chi connectivity index (χ3n) is 5.06. The van der Waals surface area contributed by atoms with E-state index >= 15 is 0 Å². The van der Waals surface area contributed by atoms with Crippen molar-refractivity contribution in [3.8, 4) is 5.75 Å². The van der Waals surface area contributed by atoms with Gasteiger partial charge in [0, 0.05) is 36.9 Å². The molecule has 1 amide bonds. The summed E-state index contributed by atoms with van der Waals surface area (Å²) in [4.78, 5) is 35.6. The minimum Gasteiger partial charge on any atom is -0.507 e. The molecule has 2 aromatic heterocycles. The van der Waals surface area contributed by atoms with E-state index < -0.39 is 17.7 Å². The molecule has 1 saturated heterocycles. The summed E-state index contributed by atoms with van der Waals surface area (Å²) in [5.74, 6) is -1.09. The van der Waals surface area contributed by atoms with Crippen LogP contribution in [0.5, 0.6) is 5.75 Å². The maximum absolute atomic E-state index is 13.0. The standard InChI is InChI=1S/C24H21N3O4/c1-2-31-19-7-3-5-17(13-19)22(28)20-21(18-6-4-10-26-14-18)27(24(30)23(20)29)15-16-8-11-25-12-9-16/h3-14,21,28H,2,15H2,1H3. The summed E-state index contributed by atoms with van der Waals surface area (Å²) in [6, 6.07) is 13.1. The quantitative estimate of drug-likeness (QED) is 0.376. The smallest absolute Gasteiger partial charge is 0.295 e. The predicted octanol–water partition coefficient (Wildman–Crippen LogP) is 3.50. The van der Waals surface area contributed by atoms with Crippen LogP contribution in [0.1, 0.15) is 29.7 Å². The van der Waals surface area contributed by atoms with Crippen molar-refractivity contribution in [1.82, 2.24) is 14.9 Å². The molecule has 1 N–H and O–H groups in total. The number of pyridine rings is 2. The van der Waals surface area contributed by atoms with Crippen molar-refractivity contribution in [3.63, 3.8) is 0 Å². The van der Waals surface area contributed by atoms with Gasteiger partial charge in [0.25, 0.3) is 11.7 Å². The Bertz CT molecular complexity index is 1130. The average molecular weight is 415 g/mol. The number of aliphatic hydroxyl groups excluding tert-OH is 1. The molecular formula is C24H21N3O4. The molecule has 0 saturated carbocycles. The van der Waals surface area contributed by atoms with Gasteiger partial charge in [-0.1, -0.05) is 18.2 Å². The molecule has 31 heavy (non-hydrogen) atoms. The minimum absolute atomic E-state index is 0.0284. The van der Waals surface area contributed by atoms with Crippen LogP contribution < -0.4 is 4.74 Å². The van der Waals surface area contributed by atoms with Crippen molar-refractivity contribution in [1.29, 1.82) is 0 Å². The van der Waals surface area contributed by atoms with E-state index in [2.05, 4.69) is 9.97 Å². The van der Waals surface area contributed by atoms with Crippen molar-refractivity contribution in [2.24, 2.45) is 0 Å². The molecular weight excluding hydrogens is 394 g/mol. The van der Waals surface area contributed by atoms with Crippen LogP contribution in [-0.2, 0) is 16.1 Å². The third kappa shape index (κ3) is 4.02. The summed E-state index contributed by atoms with van der Waals surface area (Å²) in [5, 5.41) is 11.1. The number of carbonyl (C=O) groups excluding carboxylic acids is 2. The van der Waals surface area contributed by atoms with Gasteiger partial charge in [-0.3, -0.25) is 19.6 Å². The van der Waals surface area contributed by atoms with E-state index in [-0.39, 0.29) is 17.9 Å². The molecule has 156 valence electrons. The Balaban J connectivity index is 1.83. The van der Waals surface area contributed by atoms with Crippen molar-refractivity contribution in [2.75, 3.05) is 6.61 Å². The molecule has 7 heteroatoms. The van der Waals surface area contributed by atoms with Crippen LogP contribution in [0, 0.1) is 0 Å². The summed E-state index contributed by atoms with van der Waals surface area (Å²) in [7, 11) is 0. The topological polar surface area (TPSA) is 92.6 Å². The molecule has 1 atom stereocenters. The first kappa shape index (κ1) is 20.3. The number of benzene rings is 1. The molecule has 1 aliphatic heterocycles. The number of nitrogens with zero attached hydrogens (tertiary/aromatic N) is 3. The van der Waals surface area contributed by atoms with Gasteiger partial charge in [-0.25, -0.2) is 0 Å². The highest BCUT2D eigenvalue weighted by atomic mass is 16.5. The fourth-order valence-corrected chi connectivity index (χ4v) is 3.67. The Morgan fingerprint density at radius 2 is 1.87 bits per heavy atom. The first-order valence-electron chi connectivity index (χ1n) is 9.90. The molecule has 1 aromatic carbocycles. The van der Waals surface area contributed by atoms with Crippen LogP contribution in [0.4, 0.5) is 0 Å². The number of likely N-dealkylation sites (tertiary alicyclic amines) is 1. The number of hydrogen-bond donors (Lipinski definition) is 1. The summed E-state index contributed by atoms with van der Waals surface area (Å²) in [6.45, 7) is 2.53. The first-order valence-corrected chi connectivity index (χ1v) is 9.90. The lowest BCUT2D eigenvalue weighted by atomic mass is 9.96. The SMILES string of the molecule is CCOc1cccc(C(O)=C2C(=O)C(=O)N(Cc3ccncc3)C2c2cccnc2)c1. The molecule has 7 nitrogen and oxygen atoms in total. The molecule has 3 heterocycles. The van der Waals surface area contributed by atoms with E-state index in [0.29, 0.717) is 23.5 Å². The number of aromatic nitrogens is 2. The summed E-state index contributed by atoms with van der Waals surface area (Å²) < 4.78 is 5.51. The van der Waals surface area contributed by atoms with E-state index in [4.69, 9.17) is 4.74 Å². The Kier molecular flexibility index (Phi) is 5.75. The van der Waals surface area contributed by atoms with Crippen LogP contribution in [0.2, 0.25) is 0 Å². The Morgan fingerprint density at radius 3 is 2.58 bits per heavy atom. The van der Waals surface area contributed by atoms with Crippen LogP contribution in [0.25, 0.3) is 5.76 Å². The van der Waals surface area contributed by atoms with Crippen LogP contribution >= 0.6 is 0 Å². The van der Waals surface area contributed by atoms with Crippen molar-refractivity contribution in [2.45, 2.75) is 19.5 Å². The second-order valence-corrected chi connectivity index (χ2v) is 7.03. The first-order chi connectivity index (χ1) is 15.1. The fourth-order valence-electron chi connectivity index (χ4n) is 3.67. The molecule has 1 fully saturated rings. The largest absolute Gasteiger partial charge is 0.507 e. The molecule has 4 rings (SSSR count). The lowest BCUT2D eigenvalue weighted by Gasteiger charge is -2.25. The van der Waals surface area contributed by atoms with Gasteiger partial charge in [-0.2, -0.15) is 0 Å². The molecule has 0 spiro atoms. The molecule has 1 aliphatic rings. The molecule has 3 aromatic rings. The molecule has 0 aliphatic carbocycles. The summed E-state index contributed by atoms with van der Waals surface area (Å²) in [6.07, 6.45) is 6.47. The summed E-state index contributed by atoms with van der Waals surface area (Å²) >= 11 is 0. The number of carbonyl (C=O) groups is 2. The van der Waals surface area contributed by atoms with Gasteiger partial charge >= 0.3 is 0 Å². The maximum Gasteiger partial charge on any atom is 0.295 e. The van der Waals surface area contributed by atoms with Crippen molar-refractivity contribution in [3.05, 3.63) is 95.6 Å². The number of rotatable bonds is 6. The molecule has 0 bridgehead atoms. The van der Waals surface area contributed by atoms with Crippen LogP contribution in [0.3, 0.4) is 0 Å². The third-order valence-corrected chi connectivity index (χ3v) is 5.06. The molecule has 0 radical (unpaired) electrons. The highest BCUT2D eigenvalue weighted by Crippen LogP contribution is 2.40. The number of Topliss-reactive ketones (excluding diaryl/α,β-unsaturated/α-hetero) is 1. The van der Waals surface area contributed by atoms with Gasteiger partial charge in [0.1, 0.15) is 11.5 Å². The lowest BCUT2D eigenvalue weighted by molar-refractivity contribution is -0.140. The monoisotopic (exact) mass is 415 g/mol. The maximum atomic E-state index is 13.0. The highest BCUT2D eigenvalue weighted by molar-refractivity contribution is 6.46. The van der Waals surface area contributed by atoms with Crippen molar-refractivity contribution >= 4 is 17.4 Å². The van der Waals surface area contributed by atoms with Gasteiger partial charge in [-0.05, 0) is 48.4 Å². The van der Waals surface area contributed by atoms with Crippen LogP contribution in [-0.4, -0.2) is 38.3 Å². The normalized spacial score (nSPS) is 17.7. The van der Waals surface area contributed by atoms with E-state index in [9.17, 15) is 14.7 Å². The Labute approximate surface area is 179 Å². The average Bonchev–Trinajstić information content (AvgIpc) is 3.05. The van der Waals surface area contributed by atoms with Gasteiger partial charge in [0.15, 0.2) is 0 Å². The summed E-state index contributed by atoms with van der Waals surface area (Å²) in [5.41, 5.74) is 1.89. The number of aliphatic hydroxyl groups is 1. The number of ketones is 1. The molecule has 1 unspecified atom stereocenters. The fraction of sp³-hybridized carbons (Fsp3) is 0.167. The predicted molar refractivity (Wildman–Crippen MR) is 114 cm³/mol. The van der Waals surface area contributed by atoms with Gasteiger partial charge in [0.05, 0.1) is 18.2 Å². The minimum atomic E-state index is -0.766. The zero-order valence-electron chi connectivity index (χ0n) is 16.9. The van der Waals surface area contributed by atoms with Gasteiger partial charge in [0.2, 0.25) is 0 Å². The number of hydrogen-bond acceptors (Lipinski definition) is 6. The lowest BCUT2D eigenvalue weighted by Crippen LogP contribution is -2.29. The van der Waals surface area contributed by atoms with E-state index in [1.165, 1.54) is 4.90 Å². The second-order valence-electron chi connectivity index (χ2n) is 7.03.